The molecule has 2 aliphatic heterocycles. The lowest BCUT2D eigenvalue weighted by Crippen LogP contribution is -2.27. The van der Waals surface area contributed by atoms with Gasteiger partial charge in [-0.1, -0.05) is 17.8 Å². The second-order valence-corrected chi connectivity index (χ2v) is 8.74. The van der Waals surface area contributed by atoms with Crippen LogP contribution in [0, 0.1) is 5.82 Å². The van der Waals surface area contributed by atoms with Crippen LogP contribution in [0.4, 0.5) is 15.0 Å². The predicted molar refractivity (Wildman–Crippen MR) is 108 cm³/mol. The largest absolute Gasteiger partial charge is 0.489 e. The van der Waals surface area contributed by atoms with Gasteiger partial charge in [-0.05, 0) is 48.2 Å². The number of halogens is 1. The molecule has 3 atom stereocenters. The summed E-state index contributed by atoms with van der Waals surface area (Å²) in [5.74, 6) is 1.13. The summed E-state index contributed by atoms with van der Waals surface area (Å²) < 4.78 is 19.3. The molecule has 0 radical (unpaired) electrons. The number of rotatable bonds is 4. The van der Waals surface area contributed by atoms with Crippen molar-refractivity contribution in [2.24, 2.45) is 0 Å². The molecule has 0 bridgehead atoms. The van der Waals surface area contributed by atoms with Crippen molar-refractivity contribution in [2.45, 2.75) is 36.5 Å². The number of nitrogens with zero attached hydrogens (tertiary/aromatic N) is 2. The molecule has 3 heterocycles. The molecule has 1 aromatic heterocycles. The van der Waals surface area contributed by atoms with E-state index in [4.69, 9.17) is 4.74 Å². The molecule has 8 heteroatoms. The molecule has 150 valence electrons. The number of imide groups is 1. The van der Waals surface area contributed by atoms with Crippen LogP contribution in [0.1, 0.15) is 29.9 Å². The predicted octanol–water partition coefficient (Wildman–Crippen LogP) is 3.26. The number of carbonyl (C=O) groups is 2. The van der Waals surface area contributed by atoms with E-state index >= 15 is 0 Å². The summed E-state index contributed by atoms with van der Waals surface area (Å²) in [6.45, 7) is 1.53. The molecule has 29 heavy (non-hydrogen) atoms. The van der Waals surface area contributed by atoms with E-state index in [1.807, 2.05) is 12.1 Å². The Kier molecular flexibility index (Phi) is 4.66. The maximum absolute atomic E-state index is 13.1. The average Bonchev–Trinajstić information content (AvgIpc) is 3.41. The van der Waals surface area contributed by atoms with E-state index in [0.717, 1.165) is 54.7 Å². The number of amides is 2. The highest BCUT2D eigenvalue weighted by atomic mass is 32.2. The van der Waals surface area contributed by atoms with Crippen LogP contribution in [-0.2, 0) is 11.2 Å². The molecule has 2 aromatic rings. The standard InChI is InChI=1S/C21H20FN3O3S/c22-13-2-6-18(23-10-13)25-8-7-15(11-25)28-14-3-5-16-12(9-14)1-4-17(16)19-20(26)24-21(27)29-19/h2-3,5-6,9-10,15,17,19H,1,4,7-8,11H2,(H,24,26,27)/t15-,17-,19?/m1/s1. The number of nitrogens with one attached hydrogen (secondary N) is 1. The van der Waals surface area contributed by atoms with Crippen molar-refractivity contribution in [2.75, 3.05) is 18.0 Å². The van der Waals surface area contributed by atoms with Gasteiger partial charge in [0, 0.05) is 18.9 Å². The van der Waals surface area contributed by atoms with Crippen LogP contribution in [0.25, 0.3) is 0 Å². The molecule has 2 saturated heterocycles. The van der Waals surface area contributed by atoms with Crippen LogP contribution in [0.5, 0.6) is 5.75 Å². The Morgan fingerprint density at radius 1 is 1.21 bits per heavy atom. The molecule has 6 nitrogen and oxygen atoms in total. The van der Waals surface area contributed by atoms with Gasteiger partial charge in [0.15, 0.2) is 0 Å². The molecular weight excluding hydrogens is 393 g/mol. The second kappa shape index (κ2) is 7.33. The number of ether oxygens (including phenoxy) is 1. The zero-order valence-corrected chi connectivity index (χ0v) is 16.5. The lowest BCUT2D eigenvalue weighted by Gasteiger charge is -2.19. The molecule has 0 spiro atoms. The number of carbonyl (C=O) groups excluding carboxylic acids is 2. The van der Waals surface area contributed by atoms with Crippen molar-refractivity contribution in [3.8, 4) is 5.75 Å². The van der Waals surface area contributed by atoms with Gasteiger partial charge in [-0.3, -0.25) is 14.9 Å². The van der Waals surface area contributed by atoms with E-state index in [-0.39, 0.29) is 34.2 Å². The van der Waals surface area contributed by atoms with Gasteiger partial charge in [0.05, 0.1) is 12.7 Å². The van der Waals surface area contributed by atoms with Gasteiger partial charge < -0.3 is 9.64 Å². The van der Waals surface area contributed by atoms with E-state index in [1.54, 1.807) is 6.07 Å². The second-order valence-electron chi connectivity index (χ2n) is 7.63. The van der Waals surface area contributed by atoms with Crippen LogP contribution < -0.4 is 15.0 Å². The van der Waals surface area contributed by atoms with Crippen LogP contribution in [0.15, 0.2) is 36.5 Å². The first-order valence-electron chi connectivity index (χ1n) is 9.74. The van der Waals surface area contributed by atoms with Crippen molar-refractivity contribution >= 4 is 28.7 Å². The highest BCUT2D eigenvalue weighted by Crippen LogP contribution is 2.43. The maximum atomic E-state index is 13.1. The molecule has 1 N–H and O–H groups in total. The van der Waals surface area contributed by atoms with Gasteiger partial charge in [0.2, 0.25) is 5.91 Å². The summed E-state index contributed by atoms with van der Waals surface area (Å²) in [6.07, 6.45) is 3.90. The quantitative estimate of drug-likeness (QED) is 0.830. The number of hydrogen-bond acceptors (Lipinski definition) is 6. The number of pyridine rings is 1. The number of thioether (sulfide) groups is 1. The third-order valence-electron chi connectivity index (χ3n) is 5.81. The number of hydrogen-bond donors (Lipinski definition) is 1. The molecule has 0 saturated carbocycles. The number of benzene rings is 1. The summed E-state index contributed by atoms with van der Waals surface area (Å²) in [5, 5.41) is 1.80. The van der Waals surface area contributed by atoms with Gasteiger partial charge in [0.1, 0.15) is 28.7 Å². The zero-order chi connectivity index (χ0) is 20.0. The topological polar surface area (TPSA) is 71.5 Å². The highest BCUT2D eigenvalue weighted by Gasteiger charge is 2.41. The fourth-order valence-corrected chi connectivity index (χ4v) is 5.43. The van der Waals surface area contributed by atoms with Crippen LogP contribution in [-0.4, -0.2) is 40.6 Å². The minimum atomic E-state index is -0.338. The summed E-state index contributed by atoms with van der Waals surface area (Å²) in [5.41, 5.74) is 2.33. The fraction of sp³-hybridized carbons (Fsp3) is 0.381. The Balaban J connectivity index is 1.25. The minimum absolute atomic E-state index is 0.0471. The van der Waals surface area contributed by atoms with E-state index in [0.29, 0.717) is 6.54 Å². The molecule has 1 aliphatic carbocycles. The first kappa shape index (κ1) is 18.4. The minimum Gasteiger partial charge on any atom is -0.489 e. The van der Waals surface area contributed by atoms with Crippen molar-refractivity contribution in [1.82, 2.24) is 10.3 Å². The first-order chi connectivity index (χ1) is 14.1. The van der Waals surface area contributed by atoms with Crippen molar-refractivity contribution in [3.05, 3.63) is 53.5 Å². The van der Waals surface area contributed by atoms with E-state index in [1.165, 1.54) is 17.8 Å². The number of aromatic nitrogens is 1. The summed E-state index contributed by atoms with van der Waals surface area (Å²) in [7, 11) is 0. The van der Waals surface area contributed by atoms with Crippen molar-refractivity contribution in [1.29, 1.82) is 0 Å². The maximum Gasteiger partial charge on any atom is 0.286 e. The lowest BCUT2D eigenvalue weighted by atomic mass is 9.97. The monoisotopic (exact) mass is 413 g/mol. The van der Waals surface area contributed by atoms with Crippen molar-refractivity contribution < 1.29 is 18.7 Å². The van der Waals surface area contributed by atoms with Crippen LogP contribution >= 0.6 is 11.8 Å². The Morgan fingerprint density at radius 2 is 2.10 bits per heavy atom. The summed E-state index contributed by atoms with van der Waals surface area (Å²) in [4.78, 5) is 29.8. The molecule has 2 fully saturated rings. The normalized spacial score (nSPS) is 26.0. The molecule has 1 unspecified atom stereocenters. The Morgan fingerprint density at radius 3 is 2.86 bits per heavy atom. The van der Waals surface area contributed by atoms with E-state index in [2.05, 4.69) is 21.3 Å². The Labute approximate surface area is 171 Å². The summed E-state index contributed by atoms with van der Waals surface area (Å²) >= 11 is 1.10. The van der Waals surface area contributed by atoms with E-state index in [9.17, 15) is 14.0 Å². The van der Waals surface area contributed by atoms with Gasteiger partial charge in [0.25, 0.3) is 5.24 Å². The zero-order valence-electron chi connectivity index (χ0n) is 15.6. The Bertz CT molecular complexity index is 968. The Hall–Kier alpha value is -2.61. The van der Waals surface area contributed by atoms with E-state index < -0.39 is 0 Å². The van der Waals surface area contributed by atoms with Gasteiger partial charge >= 0.3 is 0 Å². The lowest BCUT2D eigenvalue weighted by molar-refractivity contribution is -0.119. The molecule has 2 amide bonds. The number of fused-ring (bicyclic) bond motifs is 1. The van der Waals surface area contributed by atoms with Crippen LogP contribution in [0.2, 0.25) is 0 Å². The number of anilines is 1. The van der Waals surface area contributed by atoms with Gasteiger partial charge in [-0.2, -0.15) is 0 Å². The van der Waals surface area contributed by atoms with Gasteiger partial charge in [-0.25, -0.2) is 9.37 Å². The molecular formula is C21H20FN3O3S. The first-order valence-corrected chi connectivity index (χ1v) is 10.6. The summed E-state index contributed by atoms with van der Waals surface area (Å²) in [6, 6.07) is 9.16. The molecule has 3 aliphatic rings. The third kappa shape index (κ3) is 3.57. The smallest absolute Gasteiger partial charge is 0.286 e. The van der Waals surface area contributed by atoms with Gasteiger partial charge in [-0.15, -0.1) is 0 Å². The molecule has 5 rings (SSSR count). The average molecular weight is 413 g/mol. The molecule has 1 aromatic carbocycles. The SMILES string of the molecule is O=C1NC(=O)C([C@@H]2CCc3cc(O[C@@H]4CCN(c5ccc(F)cn5)C4)ccc32)S1. The number of aryl methyl sites for hydroxylation is 1. The fourth-order valence-electron chi connectivity index (χ4n) is 4.43. The third-order valence-corrected chi connectivity index (χ3v) is 6.92. The van der Waals surface area contributed by atoms with Crippen molar-refractivity contribution in [3.63, 3.8) is 0 Å². The highest BCUT2D eigenvalue weighted by molar-refractivity contribution is 8.15. The van der Waals surface area contributed by atoms with Crippen LogP contribution in [0.3, 0.4) is 0 Å².